The van der Waals surface area contributed by atoms with Crippen LogP contribution in [-0.4, -0.2) is 46.8 Å². The number of aryl methyl sites for hydroxylation is 2. The quantitative estimate of drug-likeness (QED) is 0.840. The molecule has 134 valence electrons. The van der Waals surface area contributed by atoms with Gasteiger partial charge in [0, 0.05) is 25.3 Å². The number of nitrogens with one attached hydrogen (secondary N) is 1. The fraction of sp³-hybridized carbons (Fsp3) is 0.500. The van der Waals surface area contributed by atoms with Crippen molar-refractivity contribution in [2.45, 2.75) is 33.2 Å². The van der Waals surface area contributed by atoms with Crippen LogP contribution < -0.4 is 5.32 Å². The lowest BCUT2D eigenvalue weighted by Gasteiger charge is -2.16. The number of hydrogen-bond donors (Lipinski definition) is 1. The summed E-state index contributed by atoms with van der Waals surface area (Å²) >= 11 is 0. The Morgan fingerprint density at radius 2 is 2.08 bits per heavy atom. The van der Waals surface area contributed by atoms with Crippen LogP contribution in [0.2, 0.25) is 0 Å². The molecule has 3 rings (SSSR count). The van der Waals surface area contributed by atoms with Crippen LogP contribution in [0.5, 0.6) is 0 Å². The Hall–Kier alpha value is -2.14. The molecule has 1 aliphatic heterocycles. The van der Waals surface area contributed by atoms with Crippen molar-refractivity contribution in [3.05, 3.63) is 53.3 Å². The van der Waals surface area contributed by atoms with Crippen LogP contribution in [0.25, 0.3) is 0 Å². The van der Waals surface area contributed by atoms with Gasteiger partial charge < -0.3 is 10.2 Å². The molecule has 2 heterocycles. The Bertz CT molecular complexity index is 695. The van der Waals surface area contributed by atoms with E-state index in [9.17, 15) is 4.79 Å². The molecular formula is C20H28N4O. The molecular weight excluding hydrogens is 312 g/mol. The van der Waals surface area contributed by atoms with E-state index in [4.69, 9.17) is 0 Å². The van der Waals surface area contributed by atoms with Gasteiger partial charge in [0.1, 0.15) is 6.54 Å². The molecule has 0 spiro atoms. The summed E-state index contributed by atoms with van der Waals surface area (Å²) in [6.45, 7) is 8.31. The van der Waals surface area contributed by atoms with E-state index in [1.165, 1.54) is 5.56 Å². The first-order valence-electron chi connectivity index (χ1n) is 9.14. The first kappa shape index (κ1) is 17.7. The van der Waals surface area contributed by atoms with Gasteiger partial charge in [0.15, 0.2) is 0 Å². The highest BCUT2D eigenvalue weighted by molar-refractivity contribution is 5.75. The van der Waals surface area contributed by atoms with Crippen molar-refractivity contribution in [2.75, 3.05) is 26.2 Å². The van der Waals surface area contributed by atoms with Crippen molar-refractivity contribution in [2.24, 2.45) is 5.92 Å². The van der Waals surface area contributed by atoms with Crippen molar-refractivity contribution >= 4 is 5.91 Å². The molecule has 0 saturated carbocycles. The van der Waals surface area contributed by atoms with Gasteiger partial charge in [0.05, 0.1) is 5.69 Å². The van der Waals surface area contributed by atoms with Gasteiger partial charge in [-0.2, -0.15) is 5.10 Å². The van der Waals surface area contributed by atoms with Gasteiger partial charge in [-0.25, -0.2) is 0 Å². The topological polar surface area (TPSA) is 50.2 Å². The maximum absolute atomic E-state index is 12.1. The zero-order chi connectivity index (χ0) is 17.6. The highest BCUT2D eigenvalue weighted by Crippen LogP contribution is 2.16. The second-order valence-electron chi connectivity index (χ2n) is 7.08. The van der Waals surface area contributed by atoms with Crippen LogP contribution in [0, 0.1) is 19.8 Å². The molecule has 0 bridgehead atoms. The molecule has 1 aromatic heterocycles. The molecule has 0 aliphatic carbocycles. The number of likely N-dealkylation sites (tertiary alicyclic amines) is 1. The maximum Gasteiger partial charge on any atom is 0.241 e. The average molecular weight is 340 g/mol. The number of carbonyl (C=O) groups is 1. The van der Waals surface area contributed by atoms with E-state index in [1.54, 1.807) is 4.68 Å². The van der Waals surface area contributed by atoms with Crippen LogP contribution in [-0.2, 0) is 17.8 Å². The minimum atomic E-state index is 0.0499. The molecule has 1 amide bonds. The molecule has 1 fully saturated rings. The molecule has 1 saturated heterocycles. The van der Waals surface area contributed by atoms with E-state index >= 15 is 0 Å². The smallest absolute Gasteiger partial charge is 0.241 e. The number of aromatic nitrogens is 2. The van der Waals surface area contributed by atoms with E-state index < -0.39 is 0 Å². The van der Waals surface area contributed by atoms with Gasteiger partial charge in [-0.1, -0.05) is 30.3 Å². The van der Waals surface area contributed by atoms with Crippen LogP contribution in [0.15, 0.2) is 36.4 Å². The summed E-state index contributed by atoms with van der Waals surface area (Å²) in [5, 5.41) is 7.42. The number of rotatable bonds is 7. The number of amides is 1. The van der Waals surface area contributed by atoms with Crippen molar-refractivity contribution in [1.82, 2.24) is 20.0 Å². The predicted molar refractivity (Wildman–Crippen MR) is 99.4 cm³/mol. The molecule has 5 nitrogen and oxygen atoms in total. The Kier molecular flexibility index (Phi) is 5.87. The largest absolute Gasteiger partial charge is 0.354 e. The van der Waals surface area contributed by atoms with Gasteiger partial charge in [-0.3, -0.25) is 9.48 Å². The Balaban J connectivity index is 1.36. The monoisotopic (exact) mass is 340 g/mol. The minimum Gasteiger partial charge on any atom is -0.354 e. The van der Waals surface area contributed by atoms with Gasteiger partial charge >= 0.3 is 0 Å². The Morgan fingerprint density at radius 3 is 2.80 bits per heavy atom. The summed E-state index contributed by atoms with van der Waals surface area (Å²) in [7, 11) is 0. The maximum atomic E-state index is 12.1. The third kappa shape index (κ3) is 5.16. The number of benzene rings is 1. The van der Waals surface area contributed by atoms with Gasteiger partial charge in [0.2, 0.25) is 5.91 Å². The summed E-state index contributed by atoms with van der Waals surface area (Å²) in [4.78, 5) is 14.6. The van der Waals surface area contributed by atoms with Crippen molar-refractivity contribution in [3.63, 3.8) is 0 Å². The van der Waals surface area contributed by atoms with Crippen LogP contribution in [0.1, 0.15) is 23.4 Å². The summed E-state index contributed by atoms with van der Waals surface area (Å²) in [5.74, 6) is 0.606. The lowest BCUT2D eigenvalue weighted by Crippen LogP contribution is -2.34. The molecule has 1 unspecified atom stereocenters. The van der Waals surface area contributed by atoms with Crippen LogP contribution in [0.3, 0.4) is 0 Å². The summed E-state index contributed by atoms with van der Waals surface area (Å²) in [5.41, 5.74) is 3.37. The van der Waals surface area contributed by atoms with E-state index in [0.29, 0.717) is 12.5 Å². The second kappa shape index (κ2) is 8.30. The molecule has 25 heavy (non-hydrogen) atoms. The summed E-state index contributed by atoms with van der Waals surface area (Å²) in [6.07, 6.45) is 2.26. The predicted octanol–water partition coefficient (Wildman–Crippen LogP) is 2.18. The van der Waals surface area contributed by atoms with Gasteiger partial charge in [-0.15, -0.1) is 0 Å². The van der Waals surface area contributed by atoms with E-state index in [2.05, 4.69) is 45.6 Å². The van der Waals surface area contributed by atoms with Crippen LogP contribution >= 0.6 is 0 Å². The molecule has 1 atom stereocenters. The van der Waals surface area contributed by atoms with E-state index in [1.807, 2.05) is 19.9 Å². The highest BCUT2D eigenvalue weighted by Gasteiger charge is 2.22. The summed E-state index contributed by atoms with van der Waals surface area (Å²) in [6, 6.07) is 12.6. The normalized spacial score (nSPS) is 17.8. The van der Waals surface area contributed by atoms with Gasteiger partial charge in [0.25, 0.3) is 0 Å². The van der Waals surface area contributed by atoms with E-state index in [0.717, 1.165) is 50.4 Å². The molecule has 0 radical (unpaired) electrons. The first-order valence-corrected chi connectivity index (χ1v) is 9.14. The Labute approximate surface area is 150 Å². The molecule has 2 aromatic rings. The standard InChI is InChI=1S/C20H28N4O/c1-16-12-17(2)24(22-16)15-20(25)21-13-19-9-11-23(14-19)10-8-18-6-4-3-5-7-18/h3-7,12,19H,8-11,13-15H2,1-2H3,(H,21,25). The third-order valence-corrected chi connectivity index (χ3v) is 4.91. The average Bonchev–Trinajstić information content (AvgIpc) is 3.18. The van der Waals surface area contributed by atoms with Gasteiger partial charge in [-0.05, 0) is 50.8 Å². The zero-order valence-electron chi connectivity index (χ0n) is 15.2. The van der Waals surface area contributed by atoms with Crippen molar-refractivity contribution < 1.29 is 4.79 Å². The SMILES string of the molecule is Cc1cc(C)n(CC(=O)NCC2CCN(CCc3ccccc3)C2)n1. The first-order chi connectivity index (χ1) is 12.1. The molecule has 1 N–H and O–H groups in total. The number of hydrogen-bond acceptors (Lipinski definition) is 3. The minimum absolute atomic E-state index is 0.0499. The lowest BCUT2D eigenvalue weighted by atomic mass is 10.1. The molecule has 5 heteroatoms. The number of nitrogens with zero attached hydrogens (tertiary/aromatic N) is 3. The second-order valence-corrected chi connectivity index (χ2v) is 7.08. The lowest BCUT2D eigenvalue weighted by molar-refractivity contribution is -0.122. The summed E-state index contributed by atoms with van der Waals surface area (Å²) < 4.78 is 1.77. The fourth-order valence-electron chi connectivity index (χ4n) is 3.50. The van der Waals surface area contributed by atoms with E-state index in [-0.39, 0.29) is 5.91 Å². The molecule has 1 aromatic carbocycles. The van der Waals surface area contributed by atoms with Crippen molar-refractivity contribution in [1.29, 1.82) is 0 Å². The zero-order valence-corrected chi connectivity index (χ0v) is 15.2. The third-order valence-electron chi connectivity index (χ3n) is 4.91. The number of carbonyl (C=O) groups excluding carboxylic acids is 1. The van der Waals surface area contributed by atoms with Crippen LogP contribution in [0.4, 0.5) is 0 Å². The Morgan fingerprint density at radius 1 is 1.28 bits per heavy atom. The fourth-order valence-corrected chi connectivity index (χ4v) is 3.50. The van der Waals surface area contributed by atoms with Crippen molar-refractivity contribution in [3.8, 4) is 0 Å². The molecule has 1 aliphatic rings. The highest BCUT2D eigenvalue weighted by atomic mass is 16.2.